The summed E-state index contributed by atoms with van der Waals surface area (Å²) >= 11 is 0. The van der Waals surface area contributed by atoms with E-state index in [1.807, 2.05) is 6.92 Å². The van der Waals surface area contributed by atoms with Crippen molar-refractivity contribution in [1.29, 1.82) is 0 Å². The predicted octanol–water partition coefficient (Wildman–Crippen LogP) is 0.204. The van der Waals surface area contributed by atoms with Crippen LogP contribution in [0.3, 0.4) is 0 Å². The van der Waals surface area contributed by atoms with Crippen molar-refractivity contribution in [2.24, 2.45) is 0 Å². The second-order valence-corrected chi connectivity index (χ2v) is 3.75. The lowest BCUT2D eigenvalue weighted by Crippen LogP contribution is -2.45. The first-order chi connectivity index (χ1) is 6.23. The Bertz CT molecular complexity index is 196. The van der Waals surface area contributed by atoms with Gasteiger partial charge >= 0.3 is 0 Å². The molecule has 2 fully saturated rings. The minimum Gasteiger partial charge on any atom is -0.381 e. The quantitative estimate of drug-likeness (QED) is 0.634. The van der Waals surface area contributed by atoms with Crippen LogP contribution in [0.1, 0.15) is 6.92 Å². The molecule has 2 heterocycles. The zero-order valence-corrected chi connectivity index (χ0v) is 8.28. The molecule has 13 heavy (non-hydrogen) atoms. The van der Waals surface area contributed by atoms with Crippen molar-refractivity contribution >= 4 is 0 Å². The van der Waals surface area contributed by atoms with E-state index in [0.717, 1.165) is 0 Å². The topological polar surface area (TPSA) is 36.9 Å². The molecule has 4 heteroatoms. The van der Waals surface area contributed by atoms with Crippen LogP contribution < -0.4 is 0 Å². The van der Waals surface area contributed by atoms with Gasteiger partial charge in [-0.1, -0.05) is 0 Å². The molecule has 2 unspecified atom stereocenters. The first kappa shape index (κ1) is 9.40. The van der Waals surface area contributed by atoms with Crippen LogP contribution in [0.25, 0.3) is 0 Å². The Morgan fingerprint density at radius 2 is 2.23 bits per heavy atom. The Balaban J connectivity index is 2.17. The van der Waals surface area contributed by atoms with Gasteiger partial charge in [-0.05, 0) is 6.92 Å². The molecule has 0 aromatic heterocycles. The van der Waals surface area contributed by atoms with Gasteiger partial charge in [0.1, 0.15) is 17.8 Å². The first-order valence-corrected chi connectivity index (χ1v) is 4.54. The fourth-order valence-corrected chi connectivity index (χ4v) is 2.38. The smallest absolute Gasteiger partial charge is 0.144 e. The van der Waals surface area contributed by atoms with Crippen molar-refractivity contribution in [2.75, 3.05) is 27.4 Å². The third-order valence-corrected chi connectivity index (χ3v) is 2.86. The molecule has 0 aromatic carbocycles. The molecule has 4 nitrogen and oxygen atoms in total. The molecule has 0 N–H and O–H groups in total. The highest BCUT2D eigenvalue weighted by molar-refractivity contribution is 5.07. The molecule has 2 rings (SSSR count). The summed E-state index contributed by atoms with van der Waals surface area (Å²) in [6.07, 6.45) is 0.191. The van der Waals surface area contributed by atoms with Crippen LogP contribution in [-0.4, -0.2) is 51.3 Å². The average Bonchev–Trinajstić information content (AvgIpc) is 2.55. The monoisotopic (exact) mass is 188 g/mol. The maximum atomic E-state index is 5.82. The second-order valence-electron chi connectivity index (χ2n) is 3.75. The molecule has 2 bridgehead atoms. The fourth-order valence-electron chi connectivity index (χ4n) is 2.38. The van der Waals surface area contributed by atoms with Crippen LogP contribution in [0.2, 0.25) is 0 Å². The van der Waals surface area contributed by atoms with Crippen molar-refractivity contribution in [3.8, 4) is 0 Å². The molecule has 2 aliphatic heterocycles. The predicted molar refractivity (Wildman–Crippen MR) is 45.7 cm³/mol. The van der Waals surface area contributed by atoms with Crippen LogP contribution in [0, 0.1) is 0 Å². The SMILES string of the molecule is COC[C@]12COC(C1OC)[C@H](C)O2. The molecule has 0 amide bonds. The van der Waals surface area contributed by atoms with E-state index in [-0.39, 0.29) is 23.9 Å². The maximum Gasteiger partial charge on any atom is 0.144 e. The van der Waals surface area contributed by atoms with Gasteiger partial charge in [0, 0.05) is 14.2 Å². The lowest BCUT2D eigenvalue weighted by atomic mass is 10.00. The summed E-state index contributed by atoms with van der Waals surface area (Å²) in [7, 11) is 3.36. The van der Waals surface area contributed by atoms with Gasteiger partial charge in [-0.15, -0.1) is 0 Å². The van der Waals surface area contributed by atoms with Crippen LogP contribution in [0.15, 0.2) is 0 Å². The van der Waals surface area contributed by atoms with E-state index < -0.39 is 0 Å². The van der Waals surface area contributed by atoms with E-state index in [0.29, 0.717) is 13.2 Å². The van der Waals surface area contributed by atoms with Crippen molar-refractivity contribution in [2.45, 2.75) is 30.8 Å². The molecular formula is C9H16O4. The van der Waals surface area contributed by atoms with Gasteiger partial charge < -0.3 is 18.9 Å². The highest BCUT2D eigenvalue weighted by Gasteiger charge is 2.60. The minimum atomic E-state index is -0.367. The number of fused-ring (bicyclic) bond motifs is 2. The zero-order chi connectivity index (χ0) is 9.47. The summed E-state index contributed by atoms with van der Waals surface area (Å²) in [4.78, 5) is 0. The van der Waals surface area contributed by atoms with Crippen LogP contribution in [0.5, 0.6) is 0 Å². The number of ether oxygens (including phenoxy) is 4. The van der Waals surface area contributed by atoms with Crippen molar-refractivity contribution in [1.82, 2.24) is 0 Å². The van der Waals surface area contributed by atoms with Gasteiger partial charge in [-0.25, -0.2) is 0 Å². The van der Waals surface area contributed by atoms with Gasteiger partial charge in [-0.3, -0.25) is 0 Å². The molecule has 0 aromatic rings. The Hall–Kier alpha value is -0.160. The van der Waals surface area contributed by atoms with E-state index in [1.165, 1.54) is 0 Å². The standard InChI is InChI=1S/C9H16O4/c1-6-7-8(11-3)9(13-6,4-10-2)5-12-7/h6-8H,4-5H2,1-3H3/t6-,7?,8?,9-/m0/s1. The Kier molecular flexibility index (Phi) is 2.32. The molecule has 0 saturated carbocycles. The Labute approximate surface area is 78.1 Å². The summed E-state index contributed by atoms with van der Waals surface area (Å²) < 4.78 is 21.9. The van der Waals surface area contributed by atoms with Gasteiger partial charge in [-0.2, -0.15) is 0 Å². The summed E-state index contributed by atoms with van der Waals surface area (Å²) in [5, 5.41) is 0. The number of hydrogen-bond donors (Lipinski definition) is 0. The molecule has 4 atom stereocenters. The van der Waals surface area contributed by atoms with Gasteiger partial charge in [0.15, 0.2) is 0 Å². The molecule has 0 radical (unpaired) electrons. The van der Waals surface area contributed by atoms with Crippen LogP contribution in [0.4, 0.5) is 0 Å². The number of methoxy groups -OCH3 is 2. The molecular weight excluding hydrogens is 172 g/mol. The van der Waals surface area contributed by atoms with Crippen molar-refractivity contribution in [3.63, 3.8) is 0 Å². The van der Waals surface area contributed by atoms with E-state index in [1.54, 1.807) is 14.2 Å². The van der Waals surface area contributed by atoms with Gasteiger partial charge in [0.05, 0.1) is 19.3 Å². The Morgan fingerprint density at radius 3 is 2.77 bits per heavy atom. The highest BCUT2D eigenvalue weighted by Crippen LogP contribution is 2.41. The third kappa shape index (κ3) is 1.21. The summed E-state index contributed by atoms with van der Waals surface area (Å²) in [6.45, 7) is 3.12. The number of hydrogen-bond acceptors (Lipinski definition) is 4. The third-order valence-electron chi connectivity index (χ3n) is 2.86. The van der Waals surface area contributed by atoms with E-state index in [2.05, 4.69) is 0 Å². The maximum absolute atomic E-state index is 5.82. The zero-order valence-electron chi connectivity index (χ0n) is 8.28. The molecule has 0 spiro atoms. The van der Waals surface area contributed by atoms with Crippen molar-refractivity contribution < 1.29 is 18.9 Å². The second kappa shape index (κ2) is 3.20. The molecule has 0 aliphatic carbocycles. The lowest BCUT2D eigenvalue weighted by Gasteiger charge is -2.29. The van der Waals surface area contributed by atoms with Crippen molar-refractivity contribution in [3.05, 3.63) is 0 Å². The highest BCUT2D eigenvalue weighted by atomic mass is 16.7. The lowest BCUT2D eigenvalue weighted by molar-refractivity contribution is -0.161. The number of rotatable bonds is 3. The van der Waals surface area contributed by atoms with E-state index in [4.69, 9.17) is 18.9 Å². The summed E-state index contributed by atoms with van der Waals surface area (Å²) in [5.74, 6) is 0. The van der Waals surface area contributed by atoms with Crippen LogP contribution >= 0.6 is 0 Å². The van der Waals surface area contributed by atoms with Gasteiger partial charge in [0.2, 0.25) is 0 Å². The normalized spacial score (nSPS) is 48.7. The van der Waals surface area contributed by atoms with Crippen LogP contribution in [-0.2, 0) is 18.9 Å². The van der Waals surface area contributed by atoms with E-state index >= 15 is 0 Å². The average molecular weight is 188 g/mol. The molecule has 2 saturated heterocycles. The van der Waals surface area contributed by atoms with Gasteiger partial charge in [0.25, 0.3) is 0 Å². The van der Waals surface area contributed by atoms with E-state index in [9.17, 15) is 0 Å². The largest absolute Gasteiger partial charge is 0.381 e. The Morgan fingerprint density at radius 1 is 1.46 bits per heavy atom. The first-order valence-electron chi connectivity index (χ1n) is 4.54. The molecule has 76 valence electrons. The summed E-state index contributed by atoms with van der Waals surface area (Å²) in [5.41, 5.74) is -0.367. The fraction of sp³-hybridized carbons (Fsp3) is 1.00. The summed E-state index contributed by atoms with van der Waals surface area (Å²) in [6, 6.07) is 0. The molecule has 2 aliphatic rings. The minimum absolute atomic E-state index is 0.0162.